The molecule has 2 aliphatic carbocycles. The third kappa shape index (κ3) is 2.80. The first-order valence-corrected chi connectivity index (χ1v) is 8.36. The number of hydrogen-bond donors (Lipinski definition) is 1. The van der Waals surface area contributed by atoms with Gasteiger partial charge in [-0.1, -0.05) is 0 Å². The molecule has 3 fully saturated rings. The third-order valence-corrected chi connectivity index (χ3v) is 4.93. The summed E-state index contributed by atoms with van der Waals surface area (Å²) in [5.41, 5.74) is 0. The van der Waals surface area contributed by atoms with Gasteiger partial charge in [0.1, 0.15) is 12.2 Å². The molecular weight excluding hydrogens is 320 g/mol. The molecule has 9 nitrogen and oxygen atoms in total. The van der Waals surface area contributed by atoms with Crippen molar-refractivity contribution in [1.29, 1.82) is 0 Å². The number of esters is 3. The number of carbonyl (C=O) groups excluding carboxylic acids is 3. The Labute approximate surface area is 125 Å². The molecule has 5 atom stereocenters. The van der Waals surface area contributed by atoms with Gasteiger partial charge in [-0.05, 0) is 12.8 Å². The van der Waals surface area contributed by atoms with Crippen LogP contribution in [0.15, 0.2) is 0 Å². The summed E-state index contributed by atoms with van der Waals surface area (Å²) in [5, 5.41) is 0. The number of hydrogen-bond acceptors (Lipinski definition) is 8. The van der Waals surface area contributed by atoms with Crippen molar-refractivity contribution in [3.05, 3.63) is 0 Å². The number of ether oxygens (including phenoxy) is 3. The standard InChI is InChI=1S/C12H14O9S/c13-8(3-19-9(14)4-22(16,17)18)20-10-5-1-6-7(2-5)12(15)21-11(6)10/h5-7,10-11H,1-4H2,(H,16,17,18). The highest BCUT2D eigenvalue weighted by Gasteiger charge is 2.63. The highest BCUT2D eigenvalue weighted by atomic mass is 32.2. The fourth-order valence-corrected chi connectivity index (χ4v) is 3.96. The lowest BCUT2D eigenvalue weighted by atomic mass is 9.88. The molecule has 3 rings (SSSR count). The predicted molar refractivity (Wildman–Crippen MR) is 66.8 cm³/mol. The average Bonchev–Trinajstić information content (AvgIpc) is 2.99. The average molecular weight is 334 g/mol. The van der Waals surface area contributed by atoms with Crippen molar-refractivity contribution in [3.8, 4) is 0 Å². The van der Waals surface area contributed by atoms with Crippen LogP contribution in [0.4, 0.5) is 0 Å². The minimum absolute atomic E-state index is 0.0592. The zero-order valence-electron chi connectivity index (χ0n) is 11.3. The molecule has 0 amide bonds. The van der Waals surface area contributed by atoms with E-state index in [2.05, 4.69) is 4.74 Å². The maximum absolute atomic E-state index is 11.7. The third-order valence-electron chi connectivity index (χ3n) is 4.33. The molecule has 5 unspecified atom stereocenters. The van der Waals surface area contributed by atoms with E-state index in [1.807, 2.05) is 0 Å². The first-order valence-electron chi connectivity index (χ1n) is 6.75. The van der Waals surface area contributed by atoms with Gasteiger partial charge in [-0.25, -0.2) is 4.79 Å². The monoisotopic (exact) mass is 334 g/mol. The Morgan fingerprint density at radius 2 is 2.00 bits per heavy atom. The molecule has 2 saturated carbocycles. The lowest BCUT2D eigenvalue weighted by molar-refractivity contribution is -0.169. The maximum Gasteiger partial charge on any atom is 0.344 e. The van der Waals surface area contributed by atoms with Crippen LogP contribution in [0.5, 0.6) is 0 Å². The molecule has 1 N–H and O–H groups in total. The van der Waals surface area contributed by atoms with Gasteiger partial charge in [0.05, 0.1) is 5.92 Å². The molecule has 10 heteroatoms. The van der Waals surface area contributed by atoms with Crippen LogP contribution in [-0.2, 0) is 38.7 Å². The molecule has 0 radical (unpaired) electrons. The highest BCUT2D eigenvalue weighted by Crippen LogP contribution is 2.55. The lowest BCUT2D eigenvalue weighted by Crippen LogP contribution is -2.37. The highest BCUT2D eigenvalue weighted by molar-refractivity contribution is 7.86. The quantitative estimate of drug-likeness (QED) is 0.378. The van der Waals surface area contributed by atoms with Crippen LogP contribution in [-0.4, -0.2) is 55.4 Å². The molecular formula is C12H14O9S. The SMILES string of the molecule is O=C(CS(=O)(=O)O)OCC(=O)OC1C2CC3C(=O)OC1C3C2. The van der Waals surface area contributed by atoms with E-state index in [9.17, 15) is 22.8 Å². The molecule has 1 aliphatic heterocycles. The fraction of sp³-hybridized carbons (Fsp3) is 0.750. The summed E-state index contributed by atoms with van der Waals surface area (Å²) in [6, 6.07) is 0. The Morgan fingerprint density at radius 3 is 2.68 bits per heavy atom. The van der Waals surface area contributed by atoms with Crippen molar-refractivity contribution >= 4 is 28.0 Å². The van der Waals surface area contributed by atoms with E-state index in [1.54, 1.807) is 0 Å². The Hall–Kier alpha value is -1.68. The summed E-state index contributed by atoms with van der Waals surface area (Å²) in [6.07, 6.45) is 0.413. The first kappa shape index (κ1) is 15.2. The second kappa shape index (κ2) is 5.20. The van der Waals surface area contributed by atoms with Crippen LogP contribution in [0.2, 0.25) is 0 Å². The lowest BCUT2D eigenvalue weighted by Gasteiger charge is -2.25. The topological polar surface area (TPSA) is 133 Å². The zero-order valence-corrected chi connectivity index (χ0v) is 12.2. The normalized spacial score (nSPS) is 35.3. The van der Waals surface area contributed by atoms with Crippen LogP contribution >= 0.6 is 0 Å². The smallest absolute Gasteiger partial charge is 0.344 e. The molecule has 22 heavy (non-hydrogen) atoms. The number of rotatable bonds is 5. The summed E-state index contributed by atoms with van der Waals surface area (Å²) in [4.78, 5) is 34.3. The summed E-state index contributed by atoms with van der Waals surface area (Å²) in [6.45, 7) is -0.758. The van der Waals surface area contributed by atoms with Gasteiger partial charge in [-0.3, -0.25) is 14.1 Å². The molecule has 1 heterocycles. The first-order chi connectivity index (χ1) is 10.2. The Bertz CT molecular complexity index is 625. The van der Waals surface area contributed by atoms with Gasteiger partial charge in [-0.2, -0.15) is 8.42 Å². The van der Waals surface area contributed by atoms with Crippen molar-refractivity contribution in [1.82, 2.24) is 0 Å². The van der Waals surface area contributed by atoms with Crippen LogP contribution in [0.3, 0.4) is 0 Å². The summed E-state index contributed by atoms with van der Waals surface area (Å²) in [5.74, 6) is -3.54. The molecule has 2 bridgehead atoms. The van der Waals surface area contributed by atoms with Crippen LogP contribution in [0.25, 0.3) is 0 Å². The van der Waals surface area contributed by atoms with Gasteiger partial charge in [0.15, 0.2) is 12.4 Å². The van der Waals surface area contributed by atoms with Crippen molar-refractivity contribution in [2.75, 3.05) is 12.4 Å². The number of fused-ring (bicyclic) bond motifs is 1. The minimum atomic E-state index is -4.50. The fourth-order valence-electron chi connectivity index (χ4n) is 3.58. The molecule has 1 saturated heterocycles. The maximum atomic E-state index is 11.7. The molecule has 0 aromatic carbocycles. The van der Waals surface area contributed by atoms with Crippen molar-refractivity contribution in [3.63, 3.8) is 0 Å². The van der Waals surface area contributed by atoms with Gasteiger partial charge in [0.25, 0.3) is 10.1 Å². The summed E-state index contributed by atoms with van der Waals surface area (Å²) >= 11 is 0. The summed E-state index contributed by atoms with van der Waals surface area (Å²) in [7, 11) is -4.50. The number of carbonyl (C=O) groups is 3. The Kier molecular flexibility index (Phi) is 3.60. The van der Waals surface area contributed by atoms with Crippen molar-refractivity contribution in [2.45, 2.75) is 25.0 Å². The van der Waals surface area contributed by atoms with E-state index in [1.165, 1.54) is 0 Å². The minimum Gasteiger partial charge on any atom is -0.458 e. The van der Waals surface area contributed by atoms with E-state index >= 15 is 0 Å². The second-order valence-electron chi connectivity index (χ2n) is 5.74. The van der Waals surface area contributed by atoms with Crippen LogP contribution < -0.4 is 0 Å². The van der Waals surface area contributed by atoms with E-state index < -0.39 is 46.6 Å². The van der Waals surface area contributed by atoms with Gasteiger partial charge >= 0.3 is 17.9 Å². The van der Waals surface area contributed by atoms with E-state index in [0.717, 1.165) is 6.42 Å². The van der Waals surface area contributed by atoms with Crippen LogP contribution in [0, 0.1) is 17.8 Å². The van der Waals surface area contributed by atoms with Gasteiger partial charge in [0, 0.05) is 11.8 Å². The van der Waals surface area contributed by atoms with E-state index in [0.29, 0.717) is 6.42 Å². The molecule has 3 aliphatic rings. The van der Waals surface area contributed by atoms with E-state index in [-0.39, 0.29) is 23.7 Å². The van der Waals surface area contributed by atoms with E-state index in [4.69, 9.17) is 14.0 Å². The zero-order chi connectivity index (χ0) is 16.1. The molecule has 0 aromatic rings. The Morgan fingerprint density at radius 1 is 1.27 bits per heavy atom. The molecule has 122 valence electrons. The van der Waals surface area contributed by atoms with Crippen molar-refractivity contribution < 1.29 is 41.6 Å². The molecule has 0 spiro atoms. The predicted octanol–water partition coefficient (Wildman–Crippen LogP) is -1.09. The Balaban J connectivity index is 1.49. The van der Waals surface area contributed by atoms with Crippen LogP contribution in [0.1, 0.15) is 12.8 Å². The molecule has 0 aromatic heterocycles. The van der Waals surface area contributed by atoms with Gasteiger partial charge < -0.3 is 14.2 Å². The van der Waals surface area contributed by atoms with Gasteiger partial charge in [0.2, 0.25) is 0 Å². The largest absolute Gasteiger partial charge is 0.458 e. The summed E-state index contributed by atoms with van der Waals surface area (Å²) < 4.78 is 44.2. The van der Waals surface area contributed by atoms with Gasteiger partial charge in [-0.15, -0.1) is 0 Å². The van der Waals surface area contributed by atoms with Crippen molar-refractivity contribution in [2.24, 2.45) is 17.8 Å². The second-order valence-corrected chi connectivity index (χ2v) is 7.20.